The van der Waals surface area contributed by atoms with Crippen LogP contribution in [0.3, 0.4) is 0 Å². The average Bonchev–Trinajstić information content (AvgIpc) is 2.65. The van der Waals surface area contributed by atoms with Crippen molar-refractivity contribution in [1.29, 1.82) is 0 Å². The van der Waals surface area contributed by atoms with Crippen molar-refractivity contribution in [3.05, 3.63) is 0 Å². The van der Waals surface area contributed by atoms with Gasteiger partial charge >= 0.3 is 11.9 Å². The van der Waals surface area contributed by atoms with Gasteiger partial charge in [0, 0.05) is 13.3 Å². The van der Waals surface area contributed by atoms with Crippen LogP contribution in [0.4, 0.5) is 0 Å². The van der Waals surface area contributed by atoms with Gasteiger partial charge in [-0.05, 0) is 6.42 Å². The van der Waals surface area contributed by atoms with Gasteiger partial charge in [-0.3, -0.25) is 9.59 Å². The Morgan fingerprint density at radius 1 is 0.778 bits per heavy atom. The maximum absolute atomic E-state index is 11.7. The highest BCUT2D eigenvalue weighted by Gasteiger charge is 2.14. The van der Waals surface area contributed by atoms with Crippen LogP contribution in [0.5, 0.6) is 0 Å². The highest BCUT2D eigenvalue weighted by atomic mass is 16.6. The zero-order valence-corrected chi connectivity index (χ0v) is 17.7. The number of hydrogen-bond donors (Lipinski definition) is 1. The van der Waals surface area contributed by atoms with Crippen LogP contribution in [-0.2, 0) is 19.1 Å². The van der Waals surface area contributed by atoms with Crippen LogP contribution in [0.2, 0.25) is 0 Å². The molecule has 0 rings (SSSR count). The molecule has 0 bridgehead atoms. The van der Waals surface area contributed by atoms with Crippen molar-refractivity contribution in [2.24, 2.45) is 0 Å². The lowest BCUT2D eigenvalue weighted by molar-refractivity contribution is -0.160. The number of ether oxygens (including phenoxy) is 2. The normalized spacial score (nSPS) is 12.0. The van der Waals surface area contributed by atoms with E-state index in [0.717, 1.165) is 19.3 Å². The van der Waals surface area contributed by atoms with Crippen molar-refractivity contribution in [1.82, 2.24) is 0 Å². The van der Waals surface area contributed by atoms with Crippen molar-refractivity contribution >= 4 is 11.9 Å². The topological polar surface area (TPSA) is 72.8 Å². The summed E-state index contributed by atoms with van der Waals surface area (Å²) >= 11 is 0. The fourth-order valence-corrected chi connectivity index (χ4v) is 3.04. The fourth-order valence-electron chi connectivity index (χ4n) is 3.04. The number of rotatable bonds is 19. The summed E-state index contributed by atoms with van der Waals surface area (Å²) in [5.74, 6) is -0.781. The Labute approximate surface area is 166 Å². The Hall–Kier alpha value is -1.10. The van der Waals surface area contributed by atoms with Crippen LogP contribution in [0.25, 0.3) is 0 Å². The molecule has 1 atom stereocenters. The summed E-state index contributed by atoms with van der Waals surface area (Å²) in [6, 6.07) is 0. The minimum absolute atomic E-state index is 0.0870. The minimum atomic E-state index is -0.756. The van der Waals surface area contributed by atoms with Gasteiger partial charge in [0.15, 0.2) is 6.10 Å². The number of aliphatic hydroxyl groups is 1. The molecule has 0 saturated carbocycles. The van der Waals surface area contributed by atoms with Crippen molar-refractivity contribution in [2.75, 3.05) is 13.2 Å². The number of esters is 2. The SMILES string of the molecule is CCCCCCCCCCCCCCCCC(=O)OC(CO)COC(C)=O. The monoisotopic (exact) mass is 386 g/mol. The van der Waals surface area contributed by atoms with Gasteiger partial charge in [-0.1, -0.05) is 90.4 Å². The second-order valence-corrected chi connectivity index (χ2v) is 7.44. The lowest BCUT2D eigenvalue weighted by atomic mass is 10.0. The predicted octanol–water partition coefficient (Wildman–Crippen LogP) is 5.33. The number of carbonyl (C=O) groups is 2. The lowest BCUT2D eigenvalue weighted by Gasteiger charge is -2.15. The Morgan fingerprint density at radius 2 is 1.22 bits per heavy atom. The van der Waals surface area contributed by atoms with Crippen molar-refractivity contribution in [3.8, 4) is 0 Å². The molecular formula is C22H42O5. The van der Waals surface area contributed by atoms with E-state index in [2.05, 4.69) is 6.92 Å². The quantitative estimate of drug-likeness (QED) is 0.240. The number of carbonyl (C=O) groups excluding carboxylic acids is 2. The smallest absolute Gasteiger partial charge is 0.306 e. The van der Waals surface area contributed by atoms with E-state index in [4.69, 9.17) is 14.6 Å². The maximum Gasteiger partial charge on any atom is 0.306 e. The molecule has 5 nitrogen and oxygen atoms in total. The molecule has 0 aromatic rings. The third-order valence-corrected chi connectivity index (χ3v) is 4.71. The molecule has 0 aliphatic heterocycles. The van der Waals surface area contributed by atoms with E-state index in [1.165, 1.54) is 77.6 Å². The van der Waals surface area contributed by atoms with Crippen LogP contribution in [0, 0.1) is 0 Å². The molecule has 0 amide bonds. The first kappa shape index (κ1) is 25.9. The molecule has 1 unspecified atom stereocenters. The number of aliphatic hydroxyl groups excluding tert-OH is 1. The first-order valence-electron chi connectivity index (χ1n) is 11.0. The minimum Gasteiger partial charge on any atom is -0.462 e. The van der Waals surface area contributed by atoms with Crippen molar-refractivity contribution in [2.45, 2.75) is 116 Å². The molecule has 27 heavy (non-hydrogen) atoms. The largest absolute Gasteiger partial charge is 0.462 e. The summed E-state index contributed by atoms with van der Waals surface area (Å²) in [6.45, 7) is 3.12. The molecule has 160 valence electrons. The highest BCUT2D eigenvalue weighted by Crippen LogP contribution is 2.13. The summed E-state index contributed by atoms with van der Waals surface area (Å²) < 4.78 is 9.84. The van der Waals surface area contributed by atoms with Crippen LogP contribution in [0.15, 0.2) is 0 Å². The van der Waals surface area contributed by atoms with Gasteiger partial charge in [0.2, 0.25) is 0 Å². The van der Waals surface area contributed by atoms with Crippen LogP contribution in [-0.4, -0.2) is 36.4 Å². The van der Waals surface area contributed by atoms with Gasteiger partial charge in [0.1, 0.15) is 6.61 Å². The summed E-state index contributed by atoms with van der Waals surface area (Å²) in [7, 11) is 0. The van der Waals surface area contributed by atoms with Crippen molar-refractivity contribution in [3.63, 3.8) is 0 Å². The molecule has 0 aromatic carbocycles. The van der Waals surface area contributed by atoms with E-state index in [9.17, 15) is 9.59 Å². The summed E-state index contributed by atoms with van der Waals surface area (Å²) in [6.07, 6.45) is 17.4. The zero-order valence-electron chi connectivity index (χ0n) is 17.7. The summed E-state index contributed by atoms with van der Waals surface area (Å²) in [5.41, 5.74) is 0. The Morgan fingerprint density at radius 3 is 1.63 bits per heavy atom. The van der Waals surface area contributed by atoms with Crippen LogP contribution >= 0.6 is 0 Å². The molecule has 0 aromatic heterocycles. The molecule has 0 aliphatic rings. The van der Waals surface area contributed by atoms with Crippen molar-refractivity contribution < 1.29 is 24.2 Å². The molecule has 0 aliphatic carbocycles. The molecule has 0 fully saturated rings. The van der Waals surface area contributed by atoms with Gasteiger partial charge in [-0.15, -0.1) is 0 Å². The molecule has 5 heteroatoms. The highest BCUT2D eigenvalue weighted by molar-refractivity contribution is 5.69. The summed E-state index contributed by atoms with van der Waals surface area (Å²) in [5, 5.41) is 9.11. The van der Waals surface area contributed by atoms with E-state index in [1.807, 2.05) is 0 Å². The predicted molar refractivity (Wildman–Crippen MR) is 109 cm³/mol. The second-order valence-electron chi connectivity index (χ2n) is 7.44. The van der Waals surface area contributed by atoms with Gasteiger partial charge in [0.05, 0.1) is 6.61 Å². The number of unbranched alkanes of at least 4 members (excludes halogenated alkanes) is 13. The van der Waals surface area contributed by atoms with E-state index < -0.39 is 12.1 Å². The third-order valence-electron chi connectivity index (χ3n) is 4.71. The third kappa shape index (κ3) is 19.5. The molecule has 1 N–H and O–H groups in total. The number of hydrogen-bond acceptors (Lipinski definition) is 5. The average molecular weight is 387 g/mol. The molecule has 0 heterocycles. The van der Waals surface area contributed by atoms with E-state index in [0.29, 0.717) is 6.42 Å². The van der Waals surface area contributed by atoms with Crippen LogP contribution < -0.4 is 0 Å². The fraction of sp³-hybridized carbons (Fsp3) is 0.909. The van der Waals surface area contributed by atoms with Gasteiger partial charge in [0.25, 0.3) is 0 Å². The second kappa shape index (κ2) is 19.7. The van der Waals surface area contributed by atoms with E-state index >= 15 is 0 Å². The Balaban J connectivity index is 3.36. The molecular weight excluding hydrogens is 344 g/mol. The zero-order chi connectivity index (χ0) is 20.2. The van der Waals surface area contributed by atoms with Gasteiger partial charge in [-0.25, -0.2) is 0 Å². The Kier molecular flexibility index (Phi) is 18.9. The van der Waals surface area contributed by atoms with E-state index in [-0.39, 0.29) is 19.2 Å². The first-order chi connectivity index (χ1) is 13.1. The molecule has 0 spiro atoms. The lowest BCUT2D eigenvalue weighted by Crippen LogP contribution is -2.28. The summed E-state index contributed by atoms with van der Waals surface area (Å²) in [4.78, 5) is 22.4. The van der Waals surface area contributed by atoms with Gasteiger partial charge in [-0.2, -0.15) is 0 Å². The first-order valence-corrected chi connectivity index (χ1v) is 11.0. The molecule has 0 saturated heterocycles. The Bertz CT molecular complexity index is 357. The molecule has 0 radical (unpaired) electrons. The van der Waals surface area contributed by atoms with E-state index in [1.54, 1.807) is 0 Å². The standard InChI is InChI=1S/C22H42O5/c1-3-4-5-6-7-8-9-10-11-12-13-14-15-16-17-22(25)27-21(18-23)19-26-20(2)24/h21,23H,3-19H2,1-2H3. The van der Waals surface area contributed by atoms with Crippen LogP contribution in [0.1, 0.15) is 110 Å². The maximum atomic E-state index is 11.7. The van der Waals surface area contributed by atoms with Gasteiger partial charge < -0.3 is 14.6 Å².